The zero-order valence-corrected chi connectivity index (χ0v) is 21.3. The molecule has 2 amide bonds. The van der Waals surface area contributed by atoms with Gasteiger partial charge in [-0.1, -0.05) is 100 Å². The standard InChI is InChI=1S/C31H39N3O/c1-4-9-23-12-14-24(15-13-23)25-16-18-27(19-17-25)34(21-29(32)22(3)5-2)31(35)33-30-20-28(30)26-10-7-6-8-11-26/h6-8,10-19,22,28-30H,4-5,9,20-21,32H2,1-3H3,(H,33,35)/t22-,28-,29+,30+/m0/s1. The molecule has 0 bridgehead atoms. The van der Waals surface area contributed by atoms with Crippen molar-refractivity contribution in [2.24, 2.45) is 11.7 Å². The Morgan fingerprint density at radius 3 is 2.20 bits per heavy atom. The molecule has 4 heteroatoms. The van der Waals surface area contributed by atoms with E-state index >= 15 is 0 Å². The molecule has 3 aromatic carbocycles. The van der Waals surface area contributed by atoms with Crippen molar-refractivity contribution in [1.29, 1.82) is 0 Å². The second kappa shape index (κ2) is 11.5. The molecule has 0 saturated heterocycles. The highest BCUT2D eigenvalue weighted by Crippen LogP contribution is 2.40. The molecule has 4 rings (SSSR count). The highest BCUT2D eigenvalue weighted by Gasteiger charge is 2.40. The number of carbonyl (C=O) groups excluding carboxylic acids is 1. The van der Waals surface area contributed by atoms with Crippen molar-refractivity contribution < 1.29 is 4.79 Å². The molecule has 4 nitrogen and oxygen atoms in total. The van der Waals surface area contributed by atoms with Crippen LogP contribution in [0.4, 0.5) is 10.5 Å². The maximum atomic E-state index is 13.4. The zero-order chi connectivity index (χ0) is 24.8. The van der Waals surface area contributed by atoms with E-state index in [9.17, 15) is 4.79 Å². The Kier molecular flexibility index (Phi) is 8.25. The fourth-order valence-electron chi connectivity index (χ4n) is 4.65. The number of nitrogens with one attached hydrogen (secondary N) is 1. The van der Waals surface area contributed by atoms with Gasteiger partial charge in [0.05, 0.1) is 0 Å². The largest absolute Gasteiger partial charge is 0.334 e. The molecule has 3 aromatic rings. The minimum atomic E-state index is -0.0827. The molecule has 0 heterocycles. The van der Waals surface area contributed by atoms with Crippen molar-refractivity contribution in [2.75, 3.05) is 11.4 Å². The van der Waals surface area contributed by atoms with Crippen LogP contribution in [0.1, 0.15) is 57.1 Å². The first-order valence-electron chi connectivity index (χ1n) is 13.1. The first-order valence-corrected chi connectivity index (χ1v) is 13.1. The molecule has 0 unspecified atom stereocenters. The van der Waals surface area contributed by atoms with Gasteiger partial charge in [0.25, 0.3) is 0 Å². The fourth-order valence-corrected chi connectivity index (χ4v) is 4.65. The van der Waals surface area contributed by atoms with E-state index in [2.05, 4.69) is 86.8 Å². The van der Waals surface area contributed by atoms with Crippen LogP contribution in [-0.4, -0.2) is 24.7 Å². The molecule has 1 saturated carbocycles. The lowest BCUT2D eigenvalue weighted by Gasteiger charge is -2.29. The van der Waals surface area contributed by atoms with Crippen LogP contribution in [0, 0.1) is 5.92 Å². The highest BCUT2D eigenvalue weighted by atomic mass is 16.2. The number of carbonyl (C=O) groups is 1. The lowest BCUT2D eigenvalue weighted by atomic mass is 9.99. The fraction of sp³-hybridized carbons (Fsp3) is 0.387. The molecule has 1 aliphatic carbocycles. The van der Waals surface area contributed by atoms with Crippen molar-refractivity contribution in [3.05, 3.63) is 90.0 Å². The first kappa shape index (κ1) is 25.0. The molecule has 0 spiro atoms. The molecular formula is C31H39N3O. The van der Waals surface area contributed by atoms with Crippen LogP contribution in [0.5, 0.6) is 0 Å². The molecular weight excluding hydrogens is 430 g/mol. The van der Waals surface area contributed by atoms with Gasteiger partial charge in [0.15, 0.2) is 0 Å². The maximum absolute atomic E-state index is 13.4. The Hall–Kier alpha value is -3.11. The van der Waals surface area contributed by atoms with Crippen LogP contribution in [0.15, 0.2) is 78.9 Å². The van der Waals surface area contributed by atoms with Crippen LogP contribution in [0.25, 0.3) is 11.1 Å². The molecule has 0 aromatic heterocycles. The minimum Gasteiger partial charge on any atom is -0.334 e. The van der Waals surface area contributed by atoms with Gasteiger partial charge in [-0.05, 0) is 53.1 Å². The van der Waals surface area contributed by atoms with Crippen molar-refractivity contribution >= 4 is 11.7 Å². The lowest BCUT2D eigenvalue weighted by molar-refractivity contribution is 0.244. The number of hydrogen-bond acceptors (Lipinski definition) is 2. The van der Waals surface area contributed by atoms with E-state index in [0.717, 1.165) is 36.9 Å². The Bertz CT molecular complexity index is 1080. The van der Waals surface area contributed by atoms with Gasteiger partial charge >= 0.3 is 6.03 Å². The summed E-state index contributed by atoms with van der Waals surface area (Å²) in [4.78, 5) is 15.3. The van der Waals surface area contributed by atoms with E-state index in [0.29, 0.717) is 18.4 Å². The van der Waals surface area contributed by atoms with E-state index in [1.165, 1.54) is 16.7 Å². The topological polar surface area (TPSA) is 58.4 Å². The van der Waals surface area contributed by atoms with Gasteiger partial charge in [0, 0.05) is 30.2 Å². The summed E-state index contributed by atoms with van der Waals surface area (Å²) >= 11 is 0. The number of aryl methyl sites for hydroxylation is 1. The van der Waals surface area contributed by atoms with E-state index < -0.39 is 0 Å². The normalized spacial score (nSPS) is 18.5. The smallest absolute Gasteiger partial charge is 0.322 e. The average molecular weight is 470 g/mol. The van der Waals surface area contributed by atoms with E-state index in [4.69, 9.17) is 5.73 Å². The Morgan fingerprint density at radius 2 is 1.60 bits per heavy atom. The third-order valence-electron chi connectivity index (χ3n) is 7.35. The number of nitrogens with two attached hydrogens (primary N) is 1. The highest BCUT2D eigenvalue weighted by molar-refractivity contribution is 5.93. The van der Waals surface area contributed by atoms with Gasteiger partial charge in [-0.25, -0.2) is 4.79 Å². The Morgan fingerprint density at radius 1 is 0.971 bits per heavy atom. The summed E-state index contributed by atoms with van der Waals surface area (Å²) in [5.74, 6) is 0.729. The monoisotopic (exact) mass is 469 g/mol. The maximum Gasteiger partial charge on any atom is 0.322 e. The Balaban J connectivity index is 1.49. The lowest BCUT2D eigenvalue weighted by Crippen LogP contribution is -2.49. The number of anilines is 1. The van der Waals surface area contributed by atoms with Gasteiger partial charge in [-0.2, -0.15) is 0 Å². The molecule has 0 aliphatic heterocycles. The third kappa shape index (κ3) is 6.32. The summed E-state index contributed by atoms with van der Waals surface area (Å²) in [6.45, 7) is 6.99. The zero-order valence-electron chi connectivity index (χ0n) is 21.3. The summed E-state index contributed by atoms with van der Waals surface area (Å²) < 4.78 is 0. The predicted octanol–water partition coefficient (Wildman–Crippen LogP) is 6.75. The molecule has 0 radical (unpaired) electrons. The number of amides is 2. The quantitative estimate of drug-likeness (QED) is 0.345. The van der Waals surface area contributed by atoms with Crippen molar-refractivity contribution in [3.63, 3.8) is 0 Å². The van der Waals surface area contributed by atoms with Crippen LogP contribution >= 0.6 is 0 Å². The number of benzene rings is 3. The van der Waals surface area contributed by atoms with Gasteiger partial charge in [-0.3, -0.25) is 4.90 Å². The van der Waals surface area contributed by atoms with E-state index in [-0.39, 0.29) is 18.1 Å². The van der Waals surface area contributed by atoms with Gasteiger partial charge < -0.3 is 11.1 Å². The molecule has 3 N–H and O–H groups in total. The van der Waals surface area contributed by atoms with Gasteiger partial charge in [0.1, 0.15) is 0 Å². The molecule has 4 atom stereocenters. The Labute approximate surface area is 210 Å². The first-order chi connectivity index (χ1) is 17.0. The van der Waals surface area contributed by atoms with Crippen LogP contribution in [0.2, 0.25) is 0 Å². The second-order valence-corrected chi connectivity index (χ2v) is 9.96. The number of hydrogen-bond donors (Lipinski definition) is 2. The SMILES string of the molecule is CCCc1ccc(-c2ccc(N(C[C@@H](N)[C@@H](C)CC)C(=O)N[C@@H]3C[C@H]3c3ccccc3)cc2)cc1. The van der Waals surface area contributed by atoms with Crippen LogP contribution < -0.4 is 16.0 Å². The summed E-state index contributed by atoms with van der Waals surface area (Å²) in [7, 11) is 0. The van der Waals surface area contributed by atoms with E-state index in [1.807, 2.05) is 23.1 Å². The van der Waals surface area contributed by atoms with Gasteiger partial charge in [-0.15, -0.1) is 0 Å². The van der Waals surface area contributed by atoms with E-state index in [1.54, 1.807) is 0 Å². The summed E-state index contributed by atoms with van der Waals surface area (Å²) in [5, 5.41) is 3.26. The van der Waals surface area contributed by atoms with Crippen LogP contribution in [0.3, 0.4) is 0 Å². The average Bonchev–Trinajstić information content (AvgIpc) is 3.67. The van der Waals surface area contributed by atoms with Crippen LogP contribution in [-0.2, 0) is 6.42 Å². The predicted molar refractivity (Wildman–Crippen MR) is 147 cm³/mol. The molecule has 1 aliphatic rings. The second-order valence-electron chi connectivity index (χ2n) is 9.96. The van der Waals surface area contributed by atoms with Crippen molar-refractivity contribution in [2.45, 2.75) is 64.5 Å². The summed E-state index contributed by atoms with van der Waals surface area (Å²) in [6.07, 6.45) is 4.22. The molecule has 1 fully saturated rings. The number of urea groups is 1. The number of rotatable bonds is 10. The van der Waals surface area contributed by atoms with Crippen molar-refractivity contribution in [1.82, 2.24) is 5.32 Å². The summed E-state index contributed by atoms with van der Waals surface area (Å²) in [6, 6.07) is 27.5. The molecule has 184 valence electrons. The number of nitrogens with zero attached hydrogens (tertiary/aromatic N) is 1. The third-order valence-corrected chi connectivity index (χ3v) is 7.35. The molecule has 35 heavy (non-hydrogen) atoms. The minimum absolute atomic E-state index is 0.0659. The van der Waals surface area contributed by atoms with Crippen molar-refractivity contribution in [3.8, 4) is 11.1 Å². The summed E-state index contributed by atoms with van der Waals surface area (Å²) in [5.41, 5.74) is 12.4. The van der Waals surface area contributed by atoms with Gasteiger partial charge in [0.2, 0.25) is 0 Å².